The molecule has 4 aromatic rings. The normalized spacial score (nSPS) is 13.5. The summed E-state index contributed by atoms with van der Waals surface area (Å²) in [4.78, 5) is 32.3. The molecule has 0 atom stereocenters. The summed E-state index contributed by atoms with van der Waals surface area (Å²) in [5.41, 5.74) is 3.11. The monoisotopic (exact) mass is 544 g/mol. The summed E-state index contributed by atoms with van der Waals surface area (Å²) in [6.45, 7) is 4.12. The van der Waals surface area contributed by atoms with E-state index in [4.69, 9.17) is 9.47 Å². The van der Waals surface area contributed by atoms with Crippen LogP contribution in [0.15, 0.2) is 55.0 Å². The first-order valence-corrected chi connectivity index (χ1v) is 13.6. The quantitative estimate of drug-likeness (QED) is 0.311. The third-order valence-corrected chi connectivity index (χ3v) is 7.74. The number of hydrogen-bond donors (Lipinski definition) is 1. The number of hydrogen-bond acceptors (Lipinski definition) is 9. The number of nitrogens with zero attached hydrogens (tertiary/aromatic N) is 5. The Morgan fingerprint density at radius 1 is 1.15 bits per heavy atom. The van der Waals surface area contributed by atoms with Gasteiger partial charge >= 0.3 is 0 Å². The molecule has 39 heavy (non-hydrogen) atoms. The van der Waals surface area contributed by atoms with Crippen molar-refractivity contribution in [3.63, 3.8) is 0 Å². The summed E-state index contributed by atoms with van der Waals surface area (Å²) < 4.78 is 11.1. The molecular formula is C29H32N6O3S. The molecule has 0 unspecified atom stereocenters. The molecule has 1 N–H and O–H groups in total. The Morgan fingerprint density at radius 2 is 2.00 bits per heavy atom. The summed E-state index contributed by atoms with van der Waals surface area (Å²) in [6.07, 6.45) is 8.43. The zero-order chi connectivity index (χ0) is 27.4. The number of pyridine rings is 1. The second kappa shape index (κ2) is 11.8. The highest BCUT2D eigenvalue weighted by molar-refractivity contribution is 7.19. The zero-order valence-electron chi connectivity index (χ0n) is 22.6. The van der Waals surface area contributed by atoms with Crippen LogP contribution in [0.1, 0.15) is 16.0 Å². The summed E-state index contributed by atoms with van der Waals surface area (Å²) in [5.74, 6) is 2.76. The van der Waals surface area contributed by atoms with Crippen molar-refractivity contribution >= 4 is 39.0 Å². The first kappa shape index (κ1) is 26.6. The lowest BCUT2D eigenvalue weighted by Crippen LogP contribution is -2.32. The number of methoxy groups -OCH3 is 1. The van der Waals surface area contributed by atoms with Crippen molar-refractivity contribution in [3.05, 3.63) is 71.0 Å². The molecule has 0 spiro atoms. The highest BCUT2D eigenvalue weighted by atomic mass is 32.1. The predicted molar refractivity (Wildman–Crippen MR) is 154 cm³/mol. The van der Waals surface area contributed by atoms with Gasteiger partial charge in [0.1, 0.15) is 28.5 Å². The van der Waals surface area contributed by atoms with Crippen LogP contribution >= 0.6 is 11.3 Å². The molecule has 0 fully saturated rings. The number of fused-ring (bicyclic) bond motifs is 3. The first-order chi connectivity index (χ1) is 18.9. The Balaban J connectivity index is 1.33. The standard InChI is InChI=1S/C29H32N6O3S/c1-19-16-20(7-9-23(19)38-21-8-10-25(37-4)30-17-21)33-28-27-22-11-14-35(26(36)6-5-13-34(2)3)15-12-24(22)39-29(27)32-18-31-28/h5-10,16-18H,11-15H2,1-4H3,(H,31,32,33)/b6-5+. The van der Waals surface area contributed by atoms with Gasteiger partial charge in [-0.05, 0) is 69.3 Å². The molecule has 4 heterocycles. The van der Waals surface area contributed by atoms with Gasteiger partial charge in [0.15, 0.2) is 0 Å². The van der Waals surface area contributed by atoms with Gasteiger partial charge in [0.25, 0.3) is 0 Å². The molecule has 0 bridgehead atoms. The molecule has 1 aromatic carbocycles. The van der Waals surface area contributed by atoms with Crippen molar-refractivity contribution in [1.29, 1.82) is 0 Å². The van der Waals surface area contributed by atoms with E-state index < -0.39 is 0 Å². The molecule has 1 aliphatic heterocycles. The topological polar surface area (TPSA) is 92.7 Å². The van der Waals surface area contributed by atoms with Crippen molar-refractivity contribution in [1.82, 2.24) is 24.8 Å². The summed E-state index contributed by atoms with van der Waals surface area (Å²) >= 11 is 1.69. The van der Waals surface area contributed by atoms with Gasteiger partial charge in [0, 0.05) is 42.3 Å². The summed E-state index contributed by atoms with van der Waals surface area (Å²) in [7, 11) is 5.56. The van der Waals surface area contributed by atoms with Crippen molar-refractivity contribution < 1.29 is 14.3 Å². The van der Waals surface area contributed by atoms with Crippen molar-refractivity contribution in [2.45, 2.75) is 19.8 Å². The van der Waals surface area contributed by atoms with Gasteiger partial charge in [0.05, 0.1) is 18.7 Å². The second-order valence-electron chi connectivity index (χ2n) is 9.64. The van der Waals surface area contributed by atoms with Crippen LogP contribution in [0.5, 0.6) is 17.4 Å². The number of ether oxygens (including phenoxy) is 2. The lowest BCUT2D eigenvalue weighted by molar-refractivity contribution is -0.125. The number of aromatic nitrogens is 3. The van der Waals surface area contributed by atoms with Crippen molar-refractivity contribution in [2.24, 2.45) is 0 Å². The van der Waals surface area contributed by atoms with E-state index in [0.717, 1.165) is 52.4 Å². The van der Waals surface area contributed by atoms with Gasteiger partial charge in [-0.1, -0.05) is 6.08 Å². The fraction of sp³-hybridized carbons (Fsp3) is 0.310. The average molecular weight is 545 g/mol. The van der Waals surface area contributed by atoms with E-state index in [9.17, 15) is 4.79 Å². The zero-order valence-corrected chi connectivity index (χ0v) is 23.4. The third kappa shape index (κ3) is 6.18. The summed E-state index contributed by atoms with van der Waals surface area (Å²) in [5, 5.41) is 4.54. The largest absolute Gasteiger partial charge is 0.481 e. The van der Waals surface area contributed by atoms with E-state index in [1.165, 1.54) is 10.4 Å². The highest BCUT2D eigenvalue weighted by Gasteiger charge is 2.23. The molecule has 3 aromatic heterocycles. The molecule has 0 saturated carbocycles. The van der Waals surface area contributed by atoms with Crippen molar-refractivity contribution in [2.75, 3.05) is 46.2 Å². The lowest BCUT2D eigenvalue weighted by Gasteiger charge is -2.18. The van der Waals surface area contributed by atoms with E-state index >= 15 is 0 Å². The fourth-order valence-corrected chi connectivity index (χ4v) is 5.71. The smallest absolute Gasteiger partial charge is 0.246 e. The Labute approximate surface area is 232 Å². The molecule has 1 aliphatic rings. The molecule has 9 nitrogen and oxygen atoms in total. The number of carbonyl (C=O) groups is 1. The maximum atomic E-state index is 12.7. The minimum Gasteiger partial charge on any atom is -0.481 e. The van der Waals surface area contributed by atoms with Crippen LogP contribution < -0.4 is 14.8 Å². The molecule has 0 saturated heterocycles. The van der Waals surface area contributed by atoms with Gasteiger partial charge < -0.3 is 24.6 Å². The number of carbonyl (C=O) groups excluding carboxylic acids is 1. The SMILES string of the molecule is COc1ccc(Oc2ccc(Nc3ncnc4sc5c(c34)CCN(C(=O)/C=C/CN(C)C)CC5)cc2C)cn1. The maximum Gasteiger partial charge on any atom is 0.246 e. The number of aryl methyl sites for hydroxylation is 1. The second-order valence-corrected chi connectivity index (χ2v) is 10.7. The van der Waals surface area contributed by atoms with E-state index in [0.29, 0.717) is 24.7 Å². The Kier molecular flexibility index (Phi) is 8.04. The van der Waals surface area contributed by atoms with Gasteiger partial charge in [-0.2, -0.15) is 0 Å². The number of anilines is 2. The Hall–Kier alpha value is -4.02. The van der Waals surface area contributed by atoms with Crippen LogP contribution in [0.2, 0.25) is 0 Å². The molecular weight excluding hydrogens is 512 g/mol. The van der Waals surface area contributed by atoms with Crippen LogP contribution in [-0.4, -0.2) is 71.5 Å². The molecule has 5 rings (SSSR count). The highest BCUT2D eigenvalue weighted by Crippen LogP contribution is 2.37. The third-order valence-electron chi connectivity index (χ3n) is 6.54. The minimum atomic E-state index is 0.0640. The van der Waals surface area contributed by atoms with Gasteiger partial charge in [-0.25, -0.2) is 15.0 Å². The van der Waals surface area contributed by atoms with E-state index in [2.05, 4.69) is 20.3 Å². The minimum absolute atomic E-state index is 0.0640. The number of benzene rings is 1. The lowest BCUT2D eigenvalue weighted by atomic mass is 10.1. The fourth-order valence-electron chi connectivity index (χ4n) is 4.54. The van der Waals surface area contributed by atoms with E-state index in [-0.39, 0.29) is 5.91 Å². The first-order valence-electron chi connectivity index (χ1n) is 12.8. The van der Waals surface area contributed by atoms with Gasteiger partial charge in [-0.15, -0.1) is 11.3 Å². The summed E-state index contributed by atoms with van der Waals surface area (Å²) in [6, 6.07) is 9.53. The maximum absolute atomic E-state index is 12.7. The van der Waals surface area contributed by atoms with Crippen LogP contribution in [0, 0.1) is 6.92 Å². The Morgan fingerprint density at radius 3 is 2.74 bits per heavy atom. The van der Waals surface area contributed by atoms with E-state index in [1.54, 1.807) is 43.1 Å². The molecule has 0 aliphatic carbocycles. The number of thiophene rings is 1. The van der Waals surface area contributed by atoms with Gasteiger partial charge in [-0.3, -0.25) is 4.79 Å². The van der Waals surface area contributed by atoms with E-state index in [1.807, 2.05) is 61.2 Å². The molecule has 0 radical (unpaired) electrons. The van der Waals surface area contributed by atoms with Crippen LogP contribution in [-0.2, 0) is 17.6 Å². The number of rotatable bonds is 8. The average Bonchev–Trinajstić information content (AvgIpc) is 3.15. The Bertz CT molecular complexity index is 1500. The number of nitrogens with one attached hydrogen (secondary N) is 1. The number of amides is 1. The predicted octanol–water partition coefficient (Wildman–Crippen LogP) is 4.98. The molecule has 10 heteroatoms. The van der Waals surface area contributed by atoms with Crippen LogP contribution in [0.4, 0.5) is 11.5 Å². The number of likely N-dealkylation sites (N-methyl/N-ethyl adjacent to an activating group) is 1. The van der Waals surface area contributed by atoms with Crippen LogP contribution in [0.3, 0.4) is 0 Å². The molecule has 1 amide bonds. The van der Waals surface area contributed by atoms with Crippen LogP contribution in [0.25, 0.3) is 10.2 Å². The van der Waals surface area contributed by atoms with Gasteiger partial charge in [0.2, 0.25) is 11.8 Å². The van der Waals surface area contributed by atoms with Crippen molar-refractivity contribution in [3.8, 4) is 17.4 Å². The molecule has 202 valence electrons.